The van der Waals surface area contributed by atoms with Crippen LogP contribution in [0.25, 0.3) is 0 Å². The second-order valence-corrected chi connectivity index (χ2v) is 6.32. The molecule has 1 fully saturated rings. The van der Waals surface area contributed by atoms with Crippen LogP contribution in [0.2, 0.25) is 0 Å². The second kappa shape index (κ2) is 6.63. The number of hydrogen-bond acceptors (Lipinski definition) is 2. The first-order valence-electron chi connectivity index (χ1n) is 7.98. The van der Waals surface area contributed by atoms with Gasteiger partial charge in [-0.05, 0) is 49.2 Å². The molecule has 2 aromatic carbocycles. The molecule has 0 aromatic heterocycles. The van der Waals surface area contributed by atoms with Gasteiger partial charge in [-0.25, -0.2) is 8.78 Å². The molecular formula is C19H18F2N2O2. The van der Waals surface area contributed by atoms with E-state index in [1.807, 2.05) is 32.0 Å². The van der Waals surface area contributed by atoms with Crippen LogP contribution in [0.5, 0.6) is 0 Å². The molecule has 25 heavy (non-hydrogen) atoms. The highest BCUT2D eigenvalue weighted by atomic mass is 19.1. The molecule has 4 nitrogen and oxygen atoms in total. The number of carbonyl (C=O) groups excluding carboxylic acids is 2. The van der Waals surface area contributed by atoms with Crippen molar-refractivity contribution in [3.8, 4) is 0 Å². The van der Waals surface area contributed by atoms with Crippen LogP contribution in [-0.4, -0.2) is 18.4 Å². The topological polar surface area (TPSA) is 49.4 Å². The molecule has 1 heterocycles. The van der Waals surface area contributed by atoms with Gasteiger partial charge in [0.1, 0.15) is 11.6 Å². The van der Waals surface area contributed by atoms with Crippen LogP contribution in [-0.2, 0) is 9.59 Å². The molecule has 2 aromatic rings. The second-order valence-electron chi connectivity index (χ2n) is 6.32. The van der Waals surface area contributed by atoms with Gasteiger partial charge in [0.05, 0.1) is 5.92 Å². The third kappa shape index (κ3) is 3.68. The summed E-state index contributed by atoms with van der Waals surface area (Å²) in [6.07, 6.45) is 0.0660. The van der Waals surface area contributed by atoms with Gasteiger partial charge in [0.2, 0.25) is 11.8 Å². The van der Waals surface area contributed by atoms with Gasteiger partial charge in [-0.3, -0.25) is 9.59 Å². The number of anilines is 2. The van der Waals surface area contributed by atoms with Crippen molar-refractivity contribution in [2.24, 2.45) is 5.92 Å². The minimum absolute atomic E-state index is 0.0413. The Kier molecular flexibility index (Phi) is 4.53. The lowest BCUT2D eigenvalue weighted by atomic mass is 10.1. The third-order valence-electron chi connectivity index (χ3n) is 4.43. The highest BCUT2D eigenvalue weighted by molar-refractivity contribution is 6.03. The SMILES string of the molecule is Cc1ccc(N2CC(C(=O)Nc3cc(F)cc(F)c3)CC2=O)cc1C. The summed E-state index contributed by atoms with van der Waals surface area (Å²) in [6.45, 7) is 4.19. The molecule has 1 aliphatic rings. The fraction of sp³-hybridized carbons (Fsp3) is 0.263. The molecule has 0 spiro atoms. The van der Waals surface area contributed by atoms with E-state index in [1.54, 1.807) is 4.90 Å². The largest absolute Gasteiger partial charge is 0.326 e. The number of hydrogen-bond donors (Lipinski definition) is 1. The number of nitrogens with zero attached hydrogens (tertiary/aromatic N) is 1. The van der Waals surface area contributed by atoms with Crippen molar-refractivity contribution >= 4 is 23.2 Å². The van der Waals surface area contributed by atoms with Gasteiger partial charge in [0.25, 0.3) is 0 Å². The Bertz CT molecular complexity index is 831. The summed E-state index contributed by atoms with van der Waals surface area (Å²) < 4.78 is 26.4. The Balaban J connectivity index is 1.73. The molecule has 0 bridgehead atoms. The van der Waals surface area contributed by atoms with Crippen LogP contribution in [0.1, 0.15) is 17.5 Å². The van der Waals surface area contributed by atoms with E-state index in [4.69, 9.17) is 0 Å². The standard InChI is InChI=1S/C19H18F2N2O2/c1-11-3-4-17(5-12(11)2)23-10-13(6-18(23)24)19(25)22-16-8-14(20)7-15(21)9-16/h3-5,7-9,13H,6,10H2,1-2H3,(H,22,25). The van der Waals surface area contributed by atoms with Crippen molar-refractivity contribution in [3.63, 3.8) is 0 Å². The molecule has 1 N–H and O–H groups in total. The van der Waals surface area contributed by atoms with Gasteiger partial charge in [-0.15, -0.1) is 0 Å². The van der Waals surface area contributed by atoms with Crippen molar-refractivity contribution in [2.45, 2.75) is 20.3 Å². The van der Waals surface area contributed by atoms with E-state index in [2.05, 4.69) is 5.32 Å². The molecule has 2 amide bonds. The molecule has 1 atom stereocenters. The van der Waals surface area contributed by atoms with Crippen molar-refractivity contribution < 1.29 is 18.4 Å². The molecule has 1 aliphatic heterocycles. The Morgan fingerprint density at radius 3 is 2.40 bits per heavy atom. The Morgan fingerprint density at radius 1 is 1.08 bits per heavy atom. The molecule has 3 rings (SSSR count). The smallest absolute Gasteiger partial charge is 0.229 e. The predicted molar refractivity (Wildman–Crippen MR) is 91.4 cm³/mol. The van der Waals surface area contributed by atoms with Crippen LogP contribution in [0.15, 0.2) is 36.4 Å². The maximum absolute atomic E-state index is 13.2. The zero-order valence-electron chi connectivity index (χ0n) is 14.0. The minimum Gasteiger partial charge on any atom is -0.326 e. The molecule has 1 unspecified atom stereocenters. The number of amides is 2. The summed E-state index contributed by atoms with van der Waals surface area (Å²) in [5.74, 6) is -2.68. The summed E-state index contributed by atoms with van der Waals surface area (Å²) in [4.78, 5) is 26.2. The highest BCUT2D eigenvalue weighted by Crippen LogP contribution is 2.27. The summed E-state index contributed by atoms with van der Waals surface area (Å²) in [5.41, 5.74) is 2.98. The van der Waals surface area contributed by atoms with Gasteiger partial charge in [0, 0.05) is 30.4 Å². The van der Waals surface area contributed by atoms with E-state index in [0.717, 1.165) is 35.0 Å². The van der Waals surface area contributed by atoms with Gasteiger partial charge in [-0.1, -0.05) is 6.07 Å². The van der Waals surface area contributed by atoms with Crippen LogP contribution >= 0.6 is 0 Å². The molecule has 0 radical (unpaired) electrons. The van der Waals surface area contributed by atoms with E-state index in [1.165, 1.54) is 0 Å². The molecule has 130 valence electrons. The average Bonchev–Trinajstić information content (AvgIpc) is 2.91. The summed E-state index contributed by atoms with van der Waals surface area (Å²) >= 11 is 0. The van der Waals surface area contributed by atoms with Crippen LogP contribution < -0.4 is 10.2 Å². The number of benzene rings is 2. The average molecular weight is 344 g/mol. The first-order chi connectivity index (χ1) is 11.8. The lowest BCUT2D eigenvalue weighted by Gasteiger charge is -2.18. The van der Waals surface area contributed by atoms with E-state index >= 15 is 0 Å². The Labute approximate surface area is 144 Å². The normalized spacial score (nSPS) is 17.0. The summed E-state index contributed by atoms with van der Waals surface area (Å²) in [6, 6.07) is 8.51. The molecule has 6 heteroatoms. The zero-order chi connectivity index (χ0) is 18.1. The maximum atomic E-state index is 13.2. The fourth-order valence-corrected chi connectivity index (χ4v) is 2.90. The van der Waals surface area contributed by atoms with E-state index < -0.39 is 23.5 Å². The van der Waals surface area contributed by atoms with Gasteiger partial charge >= 0.3 is 0 Å². The number of carbonyl (C=O) groups is 2. The molecule has 0 saturated carbocycles. The number of rotatable bonds is 3. The predicted octanol–water partition coefficient (Wildman–Crippen LogP) is 3.57. The Morgan fingerprint density at radius 2 is 1.76 bits per heavy atom. The molecule has 0 aliphatic carbocycles. The quantitative estimate of drug-likeness (QED) is 0.925. The maximum Gasteiger partial charge on any atom is 0.229 e. The van der Waals surface area contributed by atoms with Crippen molar-refractivity contribution in [3.05, 3.63) is 59.2 Å². The van der Waals surface area contributed by atoms with Crippen molar-refractivity contribution in [1.29, 1.82) is 0 Å². The van der Waals surface area contributed by atoms with Crippen LogP contribution in [0, 0.1) is 31.4 Å². The van der Waals surface area contributed by atoms with E-state index in [-0.39, 0.29) is 24.6 Å². The third-order valence-corrected chi connectivity index (χ3v) is 4.43. The first-order valence-corrected chi connectivity index (χ1v) is 7.98. The minimum atomic E-state index is -0.769. The zero-order valence-corrected chi connectivity index (χ0v) is 14.0. The summed E-state index contributed by atoms with van der Waals surface area (Å²) in [5, 5.41) is 2.48. The van der Waals surface area contributed by atoms with Gasteiger partial charge in [0.15, 0.2) is 0 Å². The van der Waals surface area contributed by atoms with Gasteiger partial charge in [-0.2, -0.15) is 0 Å². The highest BCUT2D eigenvalue weighted by Gasteiger charge is 2.35. The number of nitrogens with one attached hydrogen (secondary N) is 1. The molecular weight excluding hydrogens is 326 g/mol. The molecule has 1 saturated heterocycles. The fourth-order valence-electron chi connectivity index (χ4n) is 2.90. The summed E-state index contributed by atoms with van der Waals surface area (Å²) in [7, 11) is 0. The van der Waals surface area contributed by atoms with Crippen molar-refractivity contribution in [2.75, 3.05) is 16.8 Å². The van der Waals surface area contributed by atoms with Gasteiger partial charge < -0.3 is 10.2 Å². The lowest BCUT2D eigenvalue weighted by molar-refractivity contribution is -0.122. The van der Waals surface area contributed by atoms with E-state index in [9.17, 15) is 18.4 Å². The Hall–Kier alpha value is -2.76. The van der Waals surface area contributed by atoms with Crippen LogP contribution in [0.4, 0.5) is 20.2 Å². The number of aryl methyl sites for hydroxylation is 2. The van der Waals surface area contributed by atoms with E-state index in [0.29, 0.717) is 0 Å². The van der Waals surface area contributed by atoms with Crippen molar-refractivity contribution in [1.82, 2.24) is 0 Å². The monoisotopic (exact) mass is 344 g/mol. The van der Waals surface area contributed by atoms with Crippen LogP contribution in [0.3, 0.4) is 0 Å². The lowest BCUT2D eigenvalue weighted by Crippen LogP contribution is -2.28. The number of halogens is 2. The first kappa shape index (κ1) is 17.1.